The monoisotopic (exact) mass is 283 g/mol. The number of benzene rings is 1. The molecule has 0 unspecified atom stereocenters. The molecule has 96 valence electrons. The third kappa shape index (κ3) is 2.56. The third-order valence-electron chi connectivity index (χ3n) is 2.48. The van der Waals surface area contributed by atoms with Gasteiger partial charge in [-0.1, -0.05) is 11.6 Å². The molecule has 6 nitrogen and oxygen atoms in total. The summed E-state index contributed by atoms with van der Waals surface area (Å²) in [6.45, 7) is 0. The number of aldehydes is 1. The summed E-state index contributed by atoms with van der Waals surface area (Å²) in [4.78, 5) is 18.6. The third-order valence-corrected chi connectivity index (χ3v) is 2.78. The number of hydrogen-bond donors (Lipinski definition) is 1. The number of nitriles is 2. The fraction of sp³-hybridized carbons (Fsp3) is 0. The van der Waals surface area contributed by atoms with Crippen LogP contribution >= 0.6 is 11.6 Å². The molecule has 0 fully saturated rings. The average Bonchev–Trinajstić information content (AvgIpc) is 2.47. The van der Waals surface area contributed by atoms with E-state index in [1.54, 1.807) is 6.07 Å². The van der Waals surface area contributed by atoms with Gasteiger partial charge in [-0.3, -0.25) is 4.79 Å². The van der Waals surface area contributed by atoms with Gasteiger partial charge in [0.15, 0.2) is 6.29 Å². The summed E-state index contributed by atoms with van der Waals surface area (Å²) >= 11 is 5.78. The molecule has 20 heavy (non-hydrogen) atoms. The molecule has 0 saturated carbocycles. The van der Waals surface area contributed by atoms with Crippen LogP contribution in [-0.2, 0) is 0 Å². The molecule has 0 aliphatic carbocycles. The Kier molecular flexibility index (Phi) is 3.90. The van der Waals surface area contributed by atoms with Crippen molar-refractivity contribution in [3.63, 3.8) is 0 Å². The highest BCUT2D eigenvalue weighted by atomic mass is 35.5. The lowest BCUT2D eigenvalue weighted by Gasteiger charge is -2.08. The van der Waals surface area contributed by atoms with E-state index in [2.05, 4.69) is 15.3 Å². The minimum absolute atomic E-state index is 0.0339. The lowest BCUT2D eigenvalue weighted by atomic mass is 10.1. The summed E-state index contributed by atoms with van der Waals surface area (Å²) in [5.74, 6) is 0.230. The number of rotatable bonds is 3. The second-order valence-electron chi connectivity index (χ2n) is 3.65. The van der Waals surface area contributed by atoms with Gasteiger partial charge in [-0.05, 0) is 18.2 Å². The van der Waals surface area contributed by atoms with Crippen LogP contribution in [0, 0.1) is 22.7 Å². The number of carbonyl (C=O) groups is 1. The van der Waals surface area contributed by atoms with Crippen LogP contribution < -0.4 is 5.32 Å². The van der Waals surface area contributed by atoms with Gasteiger partial charge in [-0.25, -0.2) is 9.97 Å². The van der Waals surface area contributed by atoms with Gasteiger partial charge in [-0.15, -0.1) is 0 Å². The van der Waals surface area contributed by atoms with Crippen molar-refractivity contribution < 1.29 is 4.79 Å². The van der Waals surface area contributed by atoms with Gasteiger partial charge < -0.3 is 5.32 Å². The molecule has 0 atom stereocenters. The molecule has 7 heteroatoms. The predicted octanol–water partition coefficient (Wildman–Crippen LogP) is 2.43. The van der Waals surface area contributed by atoms with Gasteiger partial charge in [-0.2, -0.15) is 10.5 Å². The van der Waals surface area contributed by atoms with E-state index in [4.69, 9.17) is 22.1 Å². The molecule has 0 amide bonds. The zero-order valence-corrected chi connectivity index (χ0v) is 10.7. The van der Waals surface area contributed by atoms with Crippen LogP contribution in [0.5, 0.6) is 0 Å². The molecule has 1 aromatic heterocycles. The van der Waals surface area contributed by atoms with E-state index in [0.29, 0.717) is 12.0 Å². The van der Waals surface area contributed by atoms with Crippen molar-refractivity contribution in [1.82, 2.24) is 9.97 Å². The second-order valence-corrected chi connectivity index (χ2v) is 4.01. The van der Waals surface area contributed by atoms with Crippen molar-refractivity contribution in [2.45, 2.75) is 0 Å². The minimum Gasteiger partial charge on any atom is -0.339 e. The molecule has 0 radical (unpaired) electrons. The van der Waals surface area contributed by atoms with Crippen molar-refractivity contribution in [3.05, 3.63) is 46.4 Å². The molecule has 0 saturated heterocycles. The van der Waals surface area contributed by atoms with Crippen LogP contribution in [0.3, 0.4) is 0 Å². The SMILES string of the molecule is N#Cc1ccc(Nc2ncnc(Cl)c2C=O)cc1C#N. The summed E-state index contributed by atoms with van der Waals surface area (Å²) in [5, 5.41) is 20.7. The first-order valence-corrected chi connectivity index (χ1v) is 5.74. The van der Waals surface area contributed by atoms with Gasteiger partial charge in [0.1, 0.15) is 29.4 Å². The molecule has 0 bridgehead atoms. The molecular weight excluding hydrogens is 278 g/mol. The molecule has 1 N–H and O–H groups in total. The van der Waals surface area contributed by atoms with Crippen molar-refractivity contribution in [3.8, 4) is 12.1 Å². The fourth-order valence-electron chi connectivity index (χ4n) is 1.53. The Morgan fingerprint density at radius 2 is 1.95 bits per heavy atom. The molecule has 0 aliphatic heterocycles. The lowest BCUT2D eigenvalue weighted by molar-refractivity contribution is 0.112. The van der Waals surface area contributed by atoms with Gasteiger partial charge in [0.05, 0.1) is 16.7 Å². The van der Waals surface area contributed by atoms with Crippen LogP contribution in [0.1, 0.15) is 21.5 Å². The number of carbonyl (C=O) groups excluding carboxylic acids is 1. The zero-order chi connectivity index (χ0) is 14.5. The molecule has 0 spiro atoms. The van der Waals surface area contributed by atoms with Gasteiger partial charge in [0.25, 0.3) is 0 Å². The Morgan fingerprint density at radius 1 is 1.20 bits per heavy atom. The summed E-state index contributed by atoms with van der Waals surface area (Å²) < 4.78 is 0. The largest absolute Gasteiger partial charge is 0.339 e. The standard InChI is InChI=1S/C13H6ClN5O/c14-12-11(6-20)13(18-7-17-12)19-10-2-1-8(4-15)9(3-10)5-16/h1-3,6-7H,(H,17,18,19). The number of nitrogens with zero attached hydrogens (tertiary/aromatic N) is 4. The Labute approximate surface area is 119 Å². The predicted molar refractivity (Wildman–Crippen MR) is 71.6 cm³/mol. The minimum atomic E-state index is 0.0339. The Hall–Kier alpha value is -2.96. The highest BCUT2D eigenvalue weighted by Gasteiger charge is 2.10. The first-order chi connectivity index (χ1) is 9.69. The molecule has 1 aromatic carbocycles. The summed E-state index contributed by atoms with van der Waals surface area (Å²) in [7, 11) is 0. The Balaban J connectivity index is 2.42. The molecule has 0 aliphatic rings. The quantitative estimate of drug-likeness (QED) is 0.685. The Morgan fingerprint density at radius 3 is 2.60 bits per heavy atom. The first kappa shape index (κ1) is 13.5. The fourth-order valence-corrected chi connectivity index (χ4v) is 1.70. The van der Waals surface area contributed by atoms with E-state index in [0.717, 1.165) is 0 Å². The highest BCUT2D eigenvalue weighted by molar-refractivity contribution is 6.32. The molecular formula is C13H6ClN5O. The maximum Gasteiger partial charge on any atom is 0.156 e. The van der Waals surface area contributed by atoms with Crippen molar-refractivity contribution in [2.75, 3.05) is 5.32 Å². The number of anilines is 2. The number of halogens is 1. The van der Waals surface area contributed by atoms with E-state index in [1.807, 2.05) is 12.1 Å². The normalized spacial score (nSPS) is 9.35. The van der Waals surface area contributed by atoms with Crippen LogP contribution in [-0.4, -0.2) is 16.3 Å². The first-order valence-electron chi connectivity index (χ1n) is 5.36. The highest BCUT2D eigenvalue weighted by Crippen LogP contribution is 2.23. The van der Waals surface area contributed by atoms with E-state index >= 15 is 0 Å². The zero-order valence-electron chi connectivity index (χ0n) is 9.96. The van der Waals surface area contributed by atoms with Crippen LogP contribution in [0.15, 0.2) is 24.5 Å². The van der Waals surface area contributed by atoms with Crippen LogP contribution in [0.4, 0.5) is 11.5 Å². The van der Waals surface area contributed by atoms with E-state index < -0.39 is 0 Å². The number of hydrogen-bond acceptors (Lipinski definition) is 6. The summed E-state index contributed by atoms with van der Waals surface area (Å²) in [6, 6.07) is 8.43. The maximum atomic E-state index is 11.0. The van der Waals surface area contributed by atoms with Crippen molar-refractivity contribution >= 4 is 29.4 Å². The summed E-state index contributed by atoms with van der Waals surface area (Å²) in [6.07, 6.45) is 1.76. The van der Waals surface area contributed by atoms with Gasteiger partial charge >= 0.3 is 0 Å². The number of aromatic nitrogens is 2. The topological polar surface area (TPSA) is 102 Å². The second kappa shape index (κ2) is 5.79. The lowest BCUT2D eigenvalue weighted by Crippen LogP contribution is -2.01. The average molecular weight is 284 g/mol. The smallest absolute Gasteiger partial charge is 0.156 e. The molecule has 1 heterocycles. The van der Waals surface area contributed by atoms with Crippen LogP contribution in [0.25, 0.3) is 0 Å². The van der Waals surface area contributed by atoms with Gasteiger partial charge in [0.2, 0.25) is 0 Å². The van der Waals surface area contributed by atoms with E-state index in [9.17, 15) is 4.79 Å². The summed E-state index contributed by atoms with van der Waals surface area (Å²) in [5.41, 5.74) is 1.13. The van der Waals surface area contributed by atoms with E-state index in [1.165, 1.54) is 18.5 Å². The molecule has 2 rings (SSSR count). The molecule has 2 aromatic rings. The van der Waals surface area contributed by atoms with Crippen LogP contribution in [0.2, 0.25) is 5.15 Å². The van der Waals surface area contributed by atoms with E-state index in [-0.39, 0.29) is 27.7 Å². The van der Waals surface area contributed by atoms with Crippen molar-refractivity contribution in [1.29, 1.82) is 10.5 Å². The van der Waals surface area contributed by atoms with Crippen molar-refractivity contribution in [2.24, 2.45) is 0 Å². The maximum absolute atomic E-state index is 11.0. The number of nitrogens with one attached hydrogen (secondary N) is 1. The van der Waals surface area contributed by atoms with Gasteiger partial charge in [0, 0.05) is 5.69 Å². The Bertz CT molecular complexity index is 760.